The first-order valence-corrected chi connectivity index (χ1v) is 4.80. The van der Waals surface area contributed by atoms with Gasteiger partial charge in [0.1, 0.15) is 0 Å². The van der Waals surface area contributed by atoms with E-state index in [1.165, 1.54) is 11.1 Å². The maximum Gasteiger partial charge on any atom is 0.0247 e. The molecular weight excluding hydrogens is 160 g/mol. The Morgan fingerprint density at radius 2 is 1.92 bits per heavy atom. The Morgan fingerprint density at radius 1 is 1.23 bits per heavy atom. The summed E-state index contributed by atoms with van der Waals surface area (Å²) in [4.78, 5) is 0. The SMILES string of the molecule is Cc1ccc([C@@H]2CNC[C@@H]2N)cc1. The molecule has 1 fully saturated rings. The first-order valence-electron chi connectivity index (χ1n) is 4.80. The topological polar surface area (TPSA) is 38.0 Å². The van der Waals surface area contributed by atoms with Crippen molar-refractivity contribution in [2.75, 3.05) is 13.1 Å². The van der Waals surface area contributed by atoms with Gasteiger partial charge in [-0.1, -0.05) is 29.8 Å². The van der Waals surface area contributed by atoms with Gasteiger partial charge in [-0.15, -0.1) is 0 Å². The van der Waals surface area contributed by atoms with Gasteiger partial charge in [0.25, 0.3) is 0 Å². The summed E-state index contributed by atoms with van der Waals surface area (Å²) in [7, 11) is 0. The molecule has 2 atom stereocenters. The average molecular weight is 176 g/mol. The molecule has 0 saturated carbocycles. The van der Waals surface area contributed by atoms with Crippen LogP contribution in [0.15, 0.2) is 24.3 Å². The fourth-order valence-electron chi connectivity index (χ4n) is 1.88. The lowest BCUT2D eigenvalue weighted by Crippen LogP contribution is -2.27. The van der Waals surface area contributed by atoms with Crippen LogP contribution in [0.5, 0.6) is 0 Å². The largest absolute Gasteiger partial charge is 0.326 e. The number of benzene rings is 1. The van der Waals surface area contributed by atoms with Crippen molar-refractivity contribution in [3.8, 4) is 0 Å². The van der Waals surface area contributed by atoms with Crippen molar-refractivity contribution in [1.82, 2.24) is 5.32 Å². The summed E-state index contributed by atoms with van der Waals surface area (Å²) < 4.78 is 0. The molecule has 0 spiro atoms. The third-order valence-corrected chi connectivity index (χ3v) is 2.77. The highest BCUT2D eigenvalue weighted by molar-refractivity contribution is 5.27. The number of hydrogen-bond donors (Lipinski definition) is 2. The fourth-order valence-corrected chi connectivity index (χ4v) is 1.88. The highest BCUT2D eigenvalue weighted by Gasteiger charge is 2.24. The minimum Gasteiger partial charge on any atom is -0.326 e. The van der Waals surface area contributed by atoms with Crippen LogP contribution in [-0.4, -0.2) is 19.1 Å². The summed E-state index contributed by atoms with van der Waals surface area (Å²) in [5.41, 5.74) is 8.66. The van der Waals surface area contributed by atoms with Crippen LogP contribution in [0.2, 0.25) is 0 Å². The molecule has 1 aliphatic heterocycles. The lowest BCUT2D eigenvalue weighted by molar-refractivity contribution is 0.653. The van der Waals surface area contributed by atoms with Crippen LogP contribution in [-0.2, 0) is 0 Å². The molecule has 70 valence electrons. The fraction of sp³-hybridized carbons (Fsp3) is 0.455. The van der Waals surface area contributed by atoms with Gasteiger partial charge in [0.15, 0.2) is 0 Å². The molecule has 2 rings (SSSR count). The Morgan fingerprint density at radius 3 is 2.46 bits per heavy atom. The van der Waals surface area contributed by atoms with Crippen LogP contribution in [0.25, 0.3) is 0 Å². The average Bonchev–Trinajstić information content (AvgIpc) is 2.53. The van der Waals surface area contributed by atoms with Crippen LogP contribution in [0.4, 0.5) is 0 Å². The van der Waals surface area contributed by atoms with Crippen molar-refractivity contribution in [3.05, 3.63) is 35.4 Å². The molecule has 1 heterocycles. The highest BCUT2D eigenvalue weighted by atomic mass is 15.0. The van der Waals surface area contributed by atoms with Gasteiger partial charge in [0.05, 0.1) is 0 Å². The summed E-state index contributed by atoms with van der Waals surface area (Å²) >= 11 is 0. The quantitative estimate of drug-likeness (QED) is 0.670. The lowest BCUT2D eigenvalue weighted by Gasteiger charge is -2.14. The van der Waals surface area contributed by atoms with Crippen molar-refractivity contribution >= 4 is 0 Å². The van der Waals surface area contributed by atoms with Crippen molar-refractivity contribution in [2.24, 2.45) is 5.73 Å². The summed E-state index contributed by atoms with van der Waals surface area (Å²) in [5.74, 6) is 0.501. The molecule has 0 radical (unpaired) electrons. The highest BCUT2D eigenvalue weighted by Crippen LogP contribution is 2.21. The number of nitrogens with one attached hydrogen (secondary N) is 1. The van der Waals surface area contributed by atoms with Crippen molar-refractivity contribution in [3.63, 3.8) is 0 Å². The standard InChI is InChI=1S/C11H16N2/c1-8-2-4-9(5-3-8)10-6-13-7-11(10)12/h2-5,10-11,13H,6-7,12H2,1H3/t10-,11-/m0/s1. The van der Waals surface area contributed by atoms with Gasteiger partial charge >= 0.3 is 0 Å². The molecule has 1 aromatic rings. The molecule has 3 N–H and O–H groups in total. The second-order valence-electron chi connectivity index (χ2n) is 3.84. The van der Waals surface area contributed by atoms with Gasteiger partial charge in [-0.2, -0.15) is 0 Å². The second kappa shape index (κ2) is 3.48. The van der Waals surface area contributed by atoms with E-state index in [2.05, 4.69) is 36.5 Å². The molecule has 0 amide bonds. The van der Waals surface area contributed by atoms with Gasteiger partial charge in [-0.05, 0) is 12.5 Å². The van der Waals surface area contributed by atoms with Crippen LogP contribution >= 0.6 is 0 Å². The Hall–Kier alpha value is -0.860. The molecule has 13 heavy (non-hydrogen) atoms. The maximum atomic E-state index is 5.99. The molecule has 0 aromatic heterocycles. The van der Waals surface area contributed by atoms with E-state index in [0.29, 0.717) is 5.92 Å². The summed E-state index contributed by atoms with van der Waals surface area (Å²) in [6.45, 7) is 4.07. The lowest BCUT2D eigenvalue weighted by atomic mass is 9.94. The predicted molar refractivity (Wildman–Crippen MR) is 54.8 cm³/mol. The molecule has 0 aliphatic carbocycles. The Balaban J connectivity index is 2.20. The Kier molecular flexibility index (Phi) is 2.34. The van der Waals surface area contributed by atoms with E-state index in [1.807, 2.05) is 0 Å². The minimum absolute atomic E-state index is 0.280. The van der Waals surface area contributed by atoms with E-state index in [0.717, 1.165) is 13.1 Å². The van der Waals surface area contributed by atoms with E-state index in [9.17, 15) is 0 Å². The van der Waals surface area contributed by atoms with Gasteiger partial charge in [-0.3, -0.25) is 0 Å². The van der Waals surface area contributed by atoms with E-state index in [-0.39, 0.29) is 6.04 Å². The number of rotatable bonds is 1. The van der Waals surface area contributed by atoms with Gasteiger partial charge in [-0.25, -0.2) is 0 Å². The normalized spacial score (nSPS) is 27.8. The first-order chi connectivity index (χ1) is 6.27. The number of nitrogens with two attached hydrogens (primary N) is 1. The smallest absolute Gasteiger partial charge is 0.0247 e. The maximum absolute atomic E-state index is 5.99. The molecule has 0 unspecified atom stereocenters. The summed E-state index contributed by atoms with van der Waals surface area (Å²) in [6, 6.07) is 8.96. The summed E-state index contributed by atoms with van der Waals surface area (Å²) in [6.07, 6.45) is 0. The van der Waals surface area contributed by atoms with E-state index in [4.69, 9.17) is 5.73 Å². The van der Waals surface area contributed by atoms with Crippen LogP contribution in [0.1, 0.15) is 17.0 Å². The third-order valence-electron chi connectivity index (χ3n) is 2.77. The molecular formula is C11H16N2. The zero-order valence-electron chi connectivity index (χ0n) is 7.96. The van der Waals surface area contributed by atoms with Crippen molar-refractivity contribution in [1.29, 1.82) is 0 Å². The van der Waals surface area contributed by atoms with Crippen LogP contribution in [0.3, 0.4) is 0 Å². The van der Waals surface area contributed by atoms with Crippen LogP contribution in [0, 0.1) is 6.92 Å². The minimum atomic E-state index is 0.280. The molecule has 1 aromatic carbocycles. The van der Waals surface area contributed by atoms with Crippen molar-refractivity contribution in [2.45, 2.75) is 18.9 Å². The Bertz CT molecular complexity index is 279. The van der Waals surface area contributed by atoms with Gasteiger partial charge in [0.2, 0.25) is 0 Å². The molecule has 2 heteroatoms. The van der Waals surface area contributed by atoms with E-state index >= 15 is 0 Å². The zero-order chi connectivity index (χ0) is 9.26. The van der Waals surface area contributed by atoms with E-state index in [1.54, 1.807) is 0 Å². The van der Waals surface area contributed by atoms with Crippen LogP contribution < -0.4 is 11.1 Å². The predicted octanol–water partition coefficient (Wildman–Crippen LogP) is 1.01. The number of aryl methyl sites for hydroxylation is 1. The van der Waals surface area contributed by atoms with Gasteiger partial charge in [0, 0.05) is 25.0 Å². The third kappa shape index (κ3) is 1.74. The molecule has 1 saturated heterocycles. The molecule has 0 bridgehead atoms. The molecule has 2 nitrogen and oxygen atoms in total. The first kappa shape index (κ1) is 8.73. The van der Waals surface area contributed by atoms with Crippen molar-refractivity contribution < 1.29 is 0 Å². The van der Waals surface area contributed by atoms with Gasteiger partial charge < -0.3 is 11.1 Å². The number of hydrogen-bond acceptors (Lipinski definition) is 2. The summed E-state index contributed by atoms with van der Waals surface area (Å²) in [5, 5.41) is 3.31. The van der Waals surface area contributed by atoms with E-state index < -0.39 is 0 Å². The Labute approximate surface area is 79.1 Å². The molecule has 1 aliphatic rings. The second-order valence-corrected chi connectivity index (χ2v) is 3.84. The zero-order valence-corrected chi connectivity index (χ0v) is 7.96. The monoisotopic (exact) mass is 176 g/mol.